The Bertz CT molecular complexity index is 951. The van der Waals surface area contributed by atoms with Crippen molar-refractivity contribution in [3.63, 3.8) is 0 Å². The maximum Gasteiger partial charge on any atom is 0.437 e. The Hall–Kier alpha value is -3.27. The summed E-state index contributed by atoms with van der Waals surface area (Å²) in [6.45, 7) is 0. The standard InChI is InChI=1S/C20H19F3N2O5/c1-29-13-9-8-12(10-14(13)30-2)16-15(17(26)11-6-4-3-5-7-11)19(28,20(21,22)23)25-18(27)24-16/h3-10,15-16,28H,1-2H3,(H2,24,25,27)/t15-,16-,19-/m0/s1. The molecule has 0 aliphatic carbocycles. The van der Waals surface area contributed by atoms with E-state index >= 15 is 0 Å². The first kappa shape index (κ1) is 21.4. The second-order valence-corrected chi connectivity index (χ2v) is 6.66. The van der Waals surface area contributed by atoms with Gasteiger partial charge in [-0.3, -0.25) is 4.79 Å². The lowest BCUT2D eigenvalue weighted by molar-refractivity contribution is -0.287. The third kappa shape index (κ3) is 3.65. The molecule has 30 heavy (non-hydrogen) atoms. The zero-order valence-corrected chi connectivity index (χ0v) is 16.0. The number of hydrogen-bond acceptors (Lipinski definition) is 5. The lowest BCUT2D eigenvalue weighted by Gasteiger charge is -2.45. The van der Waals surface area contributed by atoms with Gasteiger partial charge in [-0.1, -0.05) is 36.4 Å². The first-order chi connectivity index (χ1) is 14.1. The number of rotatable bonds is 5. The van der Waals surface area contributed by atoms with Gasteiger partial charge in [0.1, 0.15) is 5.92 Å². The summed E-state index contributed by atoms with van der Waals surface area (Å²) < 4.78 is 52.0. The van der Waals surface area contributed by atoms with Crippen molar-refractivity contribution in [2.45, 2.75) is 17.9 Å². The molecule has 1 heterocycles. The van der Waals surface area contributed by atoms with E-state index in [-0.39, 0.29) is 16.9 Å². The number of ketones is 1. The predicted molar refractivity (Wildman–Crippen MR) is 99.2 cm³/mol. The van der Waals surface area contributed by atoms with Crippen molar-refractivity contribution in [1.82, 2.24) is 10.6 Å². The number of halogens is 3. The second-order valence-electron chi connectivity index (χ2n) is 6.66. The average molecular weight is 424 g/mol. The van der Waals surface area contributed by atoms with Crippen LogP contribution in [-0.2, 0) is 0 Å². The summed E-state index contributed by atoms with van der Waals surface area (Å²) in [4.78, 5) is 25.2. The number of amides is 2. The summed E-state index contributed by atoms with van der Waals surface area (Å²) >= 11 is 0. The van der Waals surface area contributed by atoms with Crippen LogP contribution in [0.5, 0.6) is 11.5 Å². The summed E-state index contributed by atoms with van der Waals surface area (Å²) in [7, 11) is 2.72. The van der Waals surface area contributed by atoms with Gasteiger partial charge in [0.25, 0.3) is 0 Å². The van der Waals surface area contributed by atoms with Gasteiger partial charge >= 0.3 is 12.2 Å². The Balaban J connectivity index is 2.18. The molecular formula is C20H19F3N2O5. The van der Waals surface area contributed by atoms with Gasteiger partial charge in [0.05, 0.1) is 20.3 Å². The van der Waals surface area contributed by atoms with Crippen molar-refractivity contribution in [3.05, 3.63) is 59.7 Å². The fourth-order valence-corrected chi connectivity index (χ4v) is 3.45. The lowest BCUT2D eigenvalue weighted by Crippen LogP contribution is -2.72. The van der Waals surface area contributed by atoms with Crippen LogP contribution < -0.4 is 20.1 Å². The number of carbonyl (C=O) groups is 2. The van der Waals surface area contributed by atoms with Crippen molar-refractivity contribution in [3.8, 4) is 11.5 Å². The van der Waals surface area contributed by atoms with E-state index in [0.717, 1.165) is 0 Å². The predicted octanol–water partition coefficient (Wildman–Crippen LogP) is 2.81. The smallest absolute Gasteiger partial charge is 0.437 e. The molecule has 7 nitrogen and oxygen atoms in total. The molecule has 1 aliphatic rings. The van der Waals surface area contributed by atoms with Crippen molar-refractivity contribution in [2.24, 2.45) is 5.92 Å². The highest BCUT2D eigenvalue weighted by Crippen LogP contribution is 2.45. The first-order valence-corrected chi connectivity index (χ1v) is 8.81. The normalized spacial score (nSPS) is 23.9. The summed E-state index contributed by atoms with van der Waals surface area (Å²) in [5.41, 5.74) is -3.71. The highest BCUT2D eigenvalue weighted by molar-refractivity contribution is 6.00. The van der Waals surface area contributed by atoms with E-state index < -0.39 is 35.7 Å². The van der Waals surface area contributed by atoms with Gasteiger partial charge in [-0.2, -0.15) is 13.2 Å². The van der Waals surface area contributed by atoms with Crippen molar-refractivity contribution >= 4 is 11.8 Å². The molecule has 0 saturated carbocycles. The monoisotopic (exact) mass is 424 g/mol. The van der Waals surface area contributed by atoms with Crippen LogP contribution in [0.2, 0.25) is 0 Å². The molecule has 3 N–H and O–H groups in total. The molecule has 2 aromatic carbocycles. The summed E-state index contributed by atoms with van der Waals surface area (Å²) in [6, 6.07) is 8.63. The molecule has 0 aromatic heterocycles. The maximum absolute atomic E-state index is 13.9. The number of alkyl halides is 3. The summed E-state index contributed by atoms with van der Waals surface area (Å²) in [6.07, 6.45) is -5.32. The van der Waals surface area contributed by atoms with E-state index in [1.165, 1.54) is 62.0 Å². The molecule has 1 fully saturated rings. The molecule has 160 valence electrons. The SMILES string of the molecule is COc1ccc([C@@H]2NC(=O)N[C@@](O)(C(F)(F)F)[C@@H]2C(=O)c2ccccc2)cc1OC. The van der Waals surface area contributed by atoms with Gasteiger partial charge in [0, 0.05) is 5.56 Å². The summed E-state index contributed by atoms with van der Waals surface area (Å²) in [5.74, 6) is -2.62. The highest BCUT2D eigenvalue weighted by atomic mass is 19.4. The molecule has 0 radical (unpaired) electrons. The Morgan fingerprint density at radius 1 is 1.07 bits per heavy atom. The van der Waals surface area contributed by atoms with Crippen molar-refractivity contribution < 1.29 is 37.3 Å². The number of hydrogen-bond donors (Lipinski definition) is 3. The minimum absolute atomic E-state index is 0.0476. The molecular weight excluding hydrogens is 405 g/mol. The van der Waals surface area contributed by atoms with Crippen LogP contribution in [0.4, 0.5) is 18.0 Å². The third-order valence-corrected chi connectivity index (χ3v) is 4.91. The number of nitrogens with one attached hydrogen (secondary N) is 2. The number of urea groups is 1. The molecule has 3 rings (SSSR count). The van der Waals surface area contributed by atoms with Gasteiger partial charge in [0.15, 0.2) is 17.3 Å². The van der Waals surface area contributed by atoms with Crippen LogP contribution >= 0.6 is 0 Å². The average Bonchev–Trinajstić information content (AvgIpc) is 2.72. The zero-order chi connectivity index (χ0) is 22.1. The molecule has 0 bridgehead atoms. The quantitative estimate of drug-likeness (QED) is 0.642. The van der Waals surface area contributed by atoms with E-state index in [9.17, 15) is 27.9 Å². The number of Topliss-reactive ketones (excluding diaryl/α,β-unsaturated/α-hetero) is 1. The minimum Gasteiger partial charge on any atom is -0.493 e. The fraction of sp³-hybridized carbons (Fsp3) is 0.300. The van der Waals surface area contributed by atoms with E-state index in [2.05, 4.69) is 5.32 Å². The molecule has 1 aliphatic heterocycles. The van der Waals surface area contributed by atoms with E-state index in [1.54, 1.807) is 6.07 Å². The van der Waals surface area contributed by atoms with Gasteiger partial charge in [-0.25, -0.2) is 4.79 Å². The molecule has 1 saturated heterocycles. The molecule has 3 atom stereocenters. The van der Waals surface area contributed by atoms with E-state index in [1.807, 2.05) is 0 Å². The van der Waals surface area contributed by atoms with Gasteiger partial charge in [0.2, 0.25) is 5.72 Å². The lowest BCUT2D eigenvalue weighted by atomic mass is 9.77. The van der Waals surface area contributed by atoms with Crippen molar-refractivity contribution in [2.75, 3.05) is 14.2 Å². The Morgan fingerprint density at radius 3 is 2.27 bits per heavy atom. The third-order valence-electron chi connectivity index (χ3n) is 4.91. The maximum atomic E-state index is 13.9. The highest BCUT2D eigenvalue weighted by Gasteiger charge is 2.66. The Labute approximate surface area is 169 Å². The number of ether oxygens (including phenoxy) is 2. The number of methoxy groups -OCH3 is 2. The van der Waals surface area contributed by atoms with Crippen molar-refractivity contribution in [1.29, 1.82) is 0 Å². The van der Waals surface area contributed by atoms with E-state index in [4.69, 9.17) is 9.47 Å². The van der Waals surface area contributed by atoms with Crippen LogP contribution in [-0.4, -0.2) is 43.0 Å². The Morgan fingerprint density at radius 2 is 1.70 bits per heavy atom. The van der Waals surface area contributed by atoms with Crippen LogP contribution in [0.1, 0.15) is 22.0 Å². The Kier molecular flexibility index (Phi) is 5.62. The largest absolute Gasteiger partial charge is 0.493 e. The van der Waals surface area contributed by atoms with Crippen LogP contribution in [0.25, 0.3) is 0 Å². The number of aliphatic hydroxyl groups is 1. The summed E-state index contributed by atoms with van der Waals surface area (Å²) in [5, 5.41) is 14.4. The van der Waals surface area contributed by atoms with Crippen LogP contribution in [0.15, 0.2) is 48.5 Å². The molecule has 10 heteroatoms. The molecule has 2 amide bonds. The van der Waals surface area contributed by atoms with Crippen LogP contribution in [0, 0.1) is 5.92 Å². The fourth-order valence-electron chi connectivity index (χ4n) is 3.45. The number of benzene rings is 2. The zero-order valence-electron chi connectivity index (χ0n) is 16.0. The van der Waals surface area contributed by atoms with E-state index in [0.29, 0.717) is 5.75 Å². The second kappa shape index (κ2) is 7.86. The minimum atomic E-state index is -5.32. The molecule has 2 aromatic rings. The van der Waals surface area contributed by atoms with Gasteiger partial charge < -0.3 is 25.2 Å². The topological polar surface area (TPSA) is 96.9 Å². The van der Waals surface area contributed by atoms with Gasteiger partial charge in [-0.15, -0.1) is 0 Å². The molecule has 0 unspecified atom stereocenters. The van der Waals surface area contributed by atoms with Crippen LogP contribution in [0.3, 0.4) is 0 Å². The molecule has 0 spiro atoms. The first-order valence-electron chi connectivity index (χ1n) is 8.81. The number of carbonyl (C=O) groups excluding carboxylic acids is 2. The van der Waals surface area contributed by atoms with Gasteiger partial charge in [-0.05, 0) is 17.7 Å².